The van der Waals surface area contributed by atoms with E-state index in [1.165, 1.54) is 11.5 Å². The molecule has 0 aliphatic carbocycles. The highest BCUT2D eigenvalue weighted by molar-refractivity contribution is 7.09. The van der Waals surface area contributed by atoms with E-state index >= 15 is 0 Å². The third-order valence-electron chi connectivity index (χ3n) is 2.89. The van der Waals surface area contributed by atoms with Crippen LogP contribution in [0.2, 0.25) is 0 Å². The summed E-state index contributed by atoms with van der Waals surface area (Å²) < 4.78 is 4.42. The van der Waals surface area contributed by atoms with Crippen LogP contribution >= 0.6 is 11.5 Å². The molecule has 2 aromatic rings. The van der Waals surface area contributed by atoms with Crippen molar-refractivity contribution >= 4 is 16.7 Å². The highest BCUT2D eigenvalue weighted by Gasteiger charge is 2.20. The van der Waals surface area contributed by atoms with Crippen LogP contribution in [0.4, 0.5) is 5.13 Å². The highest BCUT2D eigenvalue weighted by Crippen LogP contribution is 2.25. The molecule has 0 atom stereocenters. The molecule has 0 aliphatic rings. The lowest BCUT2D eigenvalue weighted by molar-refractivity contribution is 0.554. The summed E-state index contributed by atoms with van der Waals surface area (Å²) in [4.78, 5) is 6.65. The van der Waals surface area contributed by atoms with E-state index in [1.54, 1.807) is 0 Å². The molecule has 0 N–H and O–H groups in total. The molecule has 1 heterocycles. The van der Waals surface area contributed by atoms with Gasteiger partial charge in [-0.1, -0.05) is 32.9 Å². The van der Waals surface area contributed by atoms with Crippen molar-refractivity contribution in [2.24, 2.45) is 0 Å². The van der Waals surface area contributed by atoms with Gasteiger partial charge in [0.15, 0.2) is 0 Å². The minimum absolute atomic E-state index is 0.0314. The number of nitriles is 1. The van der Waals surface area contributed by atoms with Crippen LogP contribution in [-0.4, -0.2) is 16.4 Å². The predicted molar refractivity (Wildman–Crippen MR) is 81.9 cm³/mol. The van der Waals surface area contributed by atoms with Gasteiger partial charge in [-0.15, -0.1) is 0 Å². The first-order valence-corrected chi connectivity index (χ1v) is 7.22. The van der Waals surface area contributed by atoms with Gasteiger partial charge in [0.05, 0.1) is 11.6 Å². The number of nitrogens with zero attached hydrogens (tertiary/aromatic N) is 4. The third-order valence-corrected chi connectivity index (χ3v) is 3.72. The Hall–Kier alpha value is -1.93. The van der Waals surface area contributed by atoms with E-state index in [1.807, 2.05) is 31.3 Å². The summed E-state index contributed by atoms with van der Waals surface area (Å²) in [5.74, 6) is 0.870. The molecule has 1 aromatic carbocycles. The third kappa shape index (κ3) is 3.34. The van der Waals surface area contributed by atoms with Crippen molar-refractivity contribution in [2.75, 3.05) is 11.9 Å². The molecule has 0 radical (unpaired) electrons. The van der Waals surface area contributed by atoms with Crippen molar-refractivity contribution in [2.45, 2.75) is 32.7 Å². The van der Waals surface area contributed by atoms with Crippen LogP contribution < -0.4 is 4.90 Å². The Kier molecular flexibility index (Phi) is 4.05. The average Bonchev–Trinajstić information content (AvgIpc) is 2.88. The smallest absolute Gasteiger partial charge is 0.205 e. The number of aromatic nitrogens is 2. The number of anilines is 1. The molecule has 0 unspecified atom stereocenters. The fraction of sp³-hybridized carbons (Fsp3) is 0.400. The molecule has 0 saturated heterocycles. The van der Waals surface area contributed by atoms with Gasteiger partial charge in [0.25, 0.3) is 0 Å². The number of hydrogen-bond acceptors (Lipinski definition) is 5. The molecule has 0 aliphatic heterocycles. The molecule has 0 amide bonds. The Morgan fingerprint density at radius 1 is 1.35 bits per heavy atom. The zero-order valence-corrected chi connectivity index (χ0v) is 13.0. The molecule has 0 spiro atoms. The second kappa shape index (κ2) is 5.59. The van der Waals surface area contributed by atoms with Gasteiger partial charge in [-0.25, -0.2) is 4.98 Å². The quantitative estimate of drug-likeness (QED) is 0.868. The van der Waals surface area contributed by atoms with Gasteiger partial charge >= 0.3 is 0 Å². The molecule has 0 fully saturated rings. The van der Waals surface area contributed by atoms with E-state index in [-0.39, 0.29) is 5.41 Å². The van der Waals surface area contributed by atoms with Gasteiger partial charge in [0.1, 0.15) is 5.82 Å². The zero-order chi connectivity index (χ0) is 14.8. The summed E-state index contributed by atoms with van der Waals surface area (Å²) in [6.07, 6.45) is 0. The molecule has 20 heavy (non-hydrogen) atoms. The standard InChI is InChI=1S/C15H18N4S/c1-15(2,3)13-17-14(20-18-13)19(4)10-12-7-5-6-11(8-12)9-16/h5-8H,10H2,1-4H3. The van der Waals surface area contributed by atoms with Gasteiger partial charge in [0.2, 0.25) is 5.13 Å². The minimum atomic E-state index is -0.0314. The summed E-state index contributed by atoms with van der Waals surface area (Å²) in [7, 11) is 1.99. The fourth-order valence-electron chi connectivity index (χ4n) is 1.76. The Bertz CT molecular complexity index is 634. The monoisotopic (exact) mass is 286 g/mol. The second-order valence-corrected chi connectivity index (χ2v) is 6.55. The van der Waals surface area contributed by atoms with Crippen molar-refractivity contribution in [3.05, 3.63) is 41.2 Å². The summed E-state index contributed by atoms with van der Waals surface area (Å²) in [6.45, 7) is 7.04. The second-order valence-electron chi connectivity index (χ2n) is 5.82. The Morgan fingerprint density at radius 2 is 2.10 bits per heavy atom. The lowest BCUT2D eigenvalue weighted by Gasteiger charge is -2.16. The van der Waals surface area contributed by atoms with Gasteiger partial charge in [0, 0.05) is 30.5 Å². The van der Waals surface area contributed by atoms with Crippen molar-refractivity contribution in [3.63, 3.8) is 0 Å². The van der Waals surface area contributed by atoms with E-state index in [4.69, 9.17) is 5.26 Å². The number of hydrogen-bond donors (Lipinski definition) is 0. The van der Waals surface area contributed by atoms with Gasteiger partial charge < -0.3 is 4.90 Å². The number of rotatable bonds is 3. The Labute approximate surface area is 123 Å². The normalized spacial score (nSPS) is 11.2. The molecule has 5 heteroatoms. The lowest BCUT2D eigenvalue weighted by Crippen LogP contribution is -2.18. The van der Waals surface area contributed by atoms with Crippen LogP contribution in [0.3, 0.4) is 0 Å². The van der Waals surface area contributed by atoms with Gasteiger partial charge in [-0.2, -0.15) is 9.64 Å². The fourth-order valence-corrected chi connectivity index (χ4v) is 2.57. The molecule has 1 aromatic heterocycles. The predicted octanol–water partition coefficient (Wildman–Crippen LogP) is 3.34. The first kappa shape index (κ1) is 14.5. The number of benzene rings is 1. The minimum Gasteiger partial charge on any atom is -0.346 e. The summed E-state index contributed by atoms with van der Waals surface area (Å²) in [5, 5.41) is 9.82. The molecule has 2 rings (SSSR count). The lowest BCUT2D eigenvalue weighted by atomic mass is 9.96. The Balaban J connectivity index is 2.14. The van der Waals surface area contributed by atoms with Crippen LogP contribution in [0.1, 0.15) is 37.7 Å². The molecular formula is C15H18N4S. The van der Waals surface area contributed by atoms with E-state index in [2.05, 4.69) is 41.1 Å². The van der Waals surface area contributed by atoms with Crippen molar-refractivity contribution in [3.8, 4) is 6.07 Å². The van der Waals surface area contributed by atoms with Crippen LogP contribution in [0.25, 0.3) is 0 Å². The van der Waals surface area contributed by atoms with Crippen LogP contribution in [0, 0.1) is 11.3 Å². The molecule has 0 bridgehead atoms. The van der Waals surface area contributed by atoms with Crippen LogP contribution in [-0.2, 0) is 12.0 Å². The van der Waals surface area contributed by atoms with Crippen molar-refractivity contribution in [1.29, 1.82) is 5.26 Å². The van der Waals surface area contributed by atoms with Crippen molar-refractivity contribution < 1.29 is 0 Å². The molecule has 0 saturated carbocycles. The maximum atomic E-state index is 8.92. The first-order valence-electron chi connectivity index (χ1n) is 6.44. The van der Waals surface area contributed by atoms with Crippen LogP contribution in [0.5, 0.6) is 0 Å². The maximum absolute atomic E-state index is 8.92. The van der Waals surface area contributed by atoms with Crippen molar-refractivity contribution in [1.82, 2.24) is 9.36 Å². The van der Waals surface area contributed by atoms with Crippen LogP contribution in [0.15, 0.2) is 24.3 Å². The summed E-state index contributed by atoms with van der Waals surface area (Å²) in [5.41, 5.74) is 1.75. The maximum Gasteiger partial charge on any atom is 0.205 e. The zero-order valence-electron chi connectivity index (χ0n) is 12.2. The van der Waals surface area contributed by atoms with E-state index in [9.17, 15) is 0 Å². The SMILES string of the molecule is CN(Cc1cccc(C#N)c1)c1nc(C(C)(C)C)ns1. The summed E-state index contributed by atoms with van der Waals surface area (Å²) >= 11 is 1.41. The topological polar surface area (TPSA) is 52.8 Å². The van der Waals surface area contributed by atoms with Gasteiger partial charge in [-0.3, -0.25) is 0 Å². The average molecular weight is 286 g/mol. The molecule has 104 valence electrons. The molecular weight excluding hydrogens is 268 g/mol. The first-order chi connectivity index (χ1) is 9.40. The Morgan fingerprint density at radius 3 is 2.70 bits per heavy atom. The molecule has 4 nitrogen and oxygen atoms in total. The largest absolute Gasteiger partial charge is 0.346 e. The highest BCUT2D eigenvalue weighted by atomic mass is 32.1. The summed E-state index contributed by atoms with van der Waals surface area (Å²) in [6, 6.07) is 9.80. The van der Waals surface area contributed by atoms with E-state index in [0.717, 1.165) is 16.5 Å². The van der Waals surface area contributed by atoms with E-state index in [0.29, 0.717) is 12.1 Å². The van der Waals surface area contributed by atoms with E-state index < -0.39 is 0 Å². The van der Waals surface area contributed by atoms with Gasteiger partial charge in [-0.05, 0) is 17.7 Å².